The highest BCUT2D eigenvalue weighted by atomic mass is 32.1. The van der Waals surface area contributed by atoms with Crippen LogP contribution in [-0.4, -0.2) is 17.2 Å². The molecule has 1 aromatic heterocycles. The summed E-state index contributed by atoms with van der Waals surface area (Å²) in [5, 5.41) is 4.78. The summed E-state index contributed by atoms with van der Waals surface area (Å²) >= 11 is 6.13. The summed E-state index contributed by atoms with van der Waals surface area (Å²) in [4.78, 5) is 13.4. The predicted octanol–water partition coefficient (Wildman–Crippen LogP) is 3.34. The van der Waals surface area contributed by atoms with E-state index in [0.717, 1.165) is 12.0 Å². The van der Waals surface area contributed by atoms with E-state index in [4.69, 9.17) is 0 Å². The van der Waals surface area contributed by atoms with E-state index in [1.807, 2.05) is 43.3 Å². The second-order valence-corrected chi connectivity index (χ2v) is 6.55. The van der Waals surface area contributed by atoms with Crippen LogP contribution in [0.2, 0.25) is 0 Å². The highest BCUT2D eigenvalue weighted by Crippen LogP contribution is 2.12. The predicted molar refractivity (Wildman–Crippen MR) is 88.5 cm³/mol. The van der Waals surface area contributed by atoms with Crippen molar-refractivity contribution >= 4 is 29.9 Å². The summed E-state index contributed by atoms with van der Waals surface area (Å²) in [5.74, 6) is 0.00115. The minimum absolute atomic E-state index is 0.00115. The first kappa shape index (κ1) is 15.1. The molecule has 0 fully saturated rings. The highest BCUT2D eigenvalue weighted by molar-refractivity contribution is 7.81. The van der Waals surface area contributed by atoms with Crippen molar-refractivity contribution in [3.05, 3.63) is 58.3 Å². The van der Waals surface area contributed by atoms with Gasteiger partial charge in [-0.25, -0.2) is 0 Å². The van der Waals surface area contributed by atoms with E-state index >= 15 is 0 Å². The van der Waals surface area contributed by atoms with Crippen LogP contribution >= 0.6 is 24.0 Å². The molecule has 1 aromatic carbocycles. The fraction of sp³-hybridized carbons (Fsp3) is 0.312. The van der Waals surface area contributed by atoms with Crippen LogP contribution in [0.1, 0.15) is 17.4 Å². The fourth-order valence-corrected chi connectivity index (χ4v) is 3.17. The van der Waals surface area contributed by atoms with E-state index in [9.17, 15) is 4.79 Å². The van der Waals surface area contributed by atoms with Gasteiger partial charge in [0.05, 0.1) is 5.25 Å². The summed E-state index contributed by atoms with van der Waals surface area (Å²) in [6, 6.07) is 14.2. The molecule has 4 heteroatoms. The lowest BCUT2D eigenvalue weighted by atomic mass is 10.1. The van der Waals surface area contributed by atoms with Crippen LogP contribution in [0.25, 0.3) is 0 Å². The van der Waals surface area contributed by atoms with Crippen molar-refractivity contribution in [3.63, 3.8) is 0 Å². The van der Waals surface area contributed by atoms with Crippen LogP contribution in [0.5, 0.6) is 0 Å². The smallest absolute Gasteiger partial charge is 0.233 e. The quantitative estimate of drug-likeness (QED) is 0.788. The van der Waals surface area contributed by atoms with Gasteiger partial charge in [-0.2, -0.15) is 12.6 Å². The topological polar surface area (TPSA) is 29.1 Å². The summed E-state index contributed by atoms with van der Waals surface area (Å²) in [6.07, 6.45) is 1.52. The summed E-state index contributed by atoms with van der Waals surface area (Å²) < 4.78 is 0. The molecular weight excluding hydrogens is 286 g/mol. The van der Waals surface area contributed by atoms with Crippen molar-refractivity contribution in [2.45, 2.75) is 31.1 Å². The molecule has 0 aliphatic carbocycles. The van der Waals surface area contributed by atoms with Gasteiger partial charge in [-0.05, 0) is 30.4 Å². The normalized spacial score (nSPS) is 13.7. The van der Waals surface area contributed by atoms with Gasteiger partial charge in [0.15, 0.2) is 0 Å². The number of thiol groups is 1. The molecule has 1 amide bonds. The molecule has 2 rings (SSSR count). The molecule has 0 aliphatic rings. The van der Waals surface area contributed by atoms with Gasteiger partial charge in [0.2, 0.25) is 5.91 Å². The van der Waals surface area contributed by atoms with Crippen LogP contribution in [0.15, 0.2) is 47.8 Å². The highest BCUT2D eigenvalue weighted by Gasteiger charge is 2.16. The first-order valence-corrected chi connectivity index (χ1v) is 8.09. The van der Waals surface area contributed by atoms with Crippen LogP contribution in [0, 0.1) is 0 Å². The van der Waals surface area contributed by atoms with Crippen LogP contribution in [0.3, 0.4) is 0 Å². The molecule has 106 valence electrons. The van der Waals surface area contributed by atoms with Crippen molar-refractivity contribution in [2.75, 3.05) is 0 Å². The molecule has 0 aliphatic heterocycles. The zero-order valence-electron chi connectivity index (χ0n) is 11.5. The number of nitrogens with one attached hydrogen (secondary N) is 1. The van der Waals surface area contributed by atoms with E-state index in [1.54, 1.807) is 11.3 Å². The summed E-state index contributed by atoms with van der Waals surface area (Å²) in [6.45, 7) is 2.03. The molecule has 20 heavy (non-hydrogen) atoms. The monoisotopic (exact) mass is 305 g/mol. The van der Waals surface area contributed by atoms with Crippen molar-refractivity contribution < 1.29 is 4.79 Å². The lowest BCUT2D eigenvalue weighted by molar-refractivity contribution is -0.121. The maximum atomic E-state index is 12.1. The van der Waals surface area contributed by atoms with Gasteiger partial charge in [0.1, 0.15) is 0 Å². The fourth-order valence-electron chi connectivity index (χ4n) is 2.05. The number of hydrogen-bond donors (Lipinski definition) is 2. The van der Waals surface area contributed by atoms with Crippen LogP contribution in [0.4, 0.5) is 0 Å². The van der Waals surface area contributed by atoms with E-state index in [0.29, 0.717) is 6.42 Å². The second kappa shape index (κ2) is 7.50. The van der Waals surface area contributed by atoms with Crippen molar-refractivity contribution in [1.29, 1.82) is 0 Å². The Morgan fingerprint density at radius 1 is 1.20 bits per heavy atom. The Labute approximate surface area is 129 Å². The molecule has 2 aromatic rings. The Hall–Kier alpha value is -1.26. The molecule has 0 bridgehead atoms. The molecule has 2 unspecified atom stereocenters. The Morgan fingerprint density at radius 2 is 1.95 bits per heavy atom. The van der Waals surface area contributed by atoms with E-state index in [1.165, 1.54) is 4.88 Å². The lowest BCUT2D eigenvalue weighted by Gasteiger charge is -2.16. The lowest BCUT2D eigenvalue weighted by Crippen LogP contribution is -2.39. The van der Waals surface area contributed by atoms with E-state index in [2.05, 4.69) is 29.4 Å². The molecule has 0 saturated heterocycles. The Balaban J connectivity index is 1.81. The number of hydrogen-bond acceptors (Lipinski definition) is 3. The van der Waals surface area contributed by atoms with Gasteiger partial charge < -0.3 is 5.32 Å². The molecular formula is C16H19NOS2. The molecule has 2 atom stereocenters. The number of carbonyl (C=O) groups excluding carboxylic acids is 1. The average Bonchev–Trinajstić information content (AvgIpc) is 2.92. The largest absolute Gasteiger partial charge is 0.352 e. The first-order valence-electron chi connectivity index (χ1n) is 6.70. The van der Waals surface area contributed by atoms with Gasteiger partial charge in [-0.3, -0.25) is 4.79 Å². The van der Waals surface area contributed by atoms with Crippen LogP contribution in [-0.2, 0) is 17.6 Å². The minimum atomic E-state index is -0.303. The maximum absolute atomic E-state index is 12.1. The Kier molecular flexibility index (Phi) is 5.68. The Bertz CT molecular complexity index is 525. The first-order chi connectivity index (χ1) is 9.65. The third kappa shape index (κ3) is 4.69. The SMILES string of the molecule is CC(Cc1cccs1)NC(=O)C(S)Cc1ccccc1. The zero-order chi connectivity index (χ0) is 14.4. The van der Waals surface area contributed by atoms with Crippen molar-refractivity contribution in [1.82, 2.24) is 5.32 Å². The number of benzene rings is 1. The van der Waals surface area contributed by atoms with Crippen molar-refractivity contribution in [3.8, 4) is 0 Å². The van der Waals surface area contributed by atoms with Gasteiger partial charge in [-0.15, -0.1) is 11.3 Å². The Morgan fingerprint density at radius 3 is 2.60 bits per heavy atom. The molecule has 1 heterocycles. The molecule has 0 radical (unpaired) electrons. The molecule has 2 nitrogen and oxygen atoms in total. The zero-order valence-corrected chi connectivity index (χ0v) is 13.2. The van der Waals surface area contributed by atoms with Gasteiger partial charge in [0.25, 0.3) is 0 Å². The van der Waals surface area contributed by atoms with Crippen LogP contribution < -0.4 is 5.32 Å². The maximum Gasteiger partial charge on any atom is 0.233 e. The van der Waals surface area contributed by atoms with E-state index in [-0.39, 0.29) is 17.2 Å². The standard InChI is InChI=1S/C16H19NOS2/c1-12(10-14-8-5-9-20-14)17-16(18)15(19)11-13-6-3-2-4-7-13/h2-9,12,15,19H,10-11H2,1H3,(H,17,18). The summed E-state index contributed by atoms with van der Waals surface area (Å²) in [5.41, 5.74) is 1.13. The molecule has 1 N–H and O–H groups in total. The van der Waals surface area contributed by atoms with Gasteiger partial charge in [-0.1, -0.05) is 36.4 Å². The second-order valence-electron chi connectivity index (χ2n) is 4.90. The molecule has 0 saturated carbocycles. The summed E-state index contributed by atoms with van der Waals surface area (Å²) in [7, 11) is 0. The van der Waals surface area contributed by atoms with Crippen molar-refractivity contribution in [2.24, 2.45) is 0 Å². The average molecular weight is 305 g/mol. The number of thiophene rings is 1. The minimum Gasteiger partial charge on any atom is -0.352 e. The molecule has 0 spiro atoms. The third-order valence-electron chi connectivity index (χ3n) is 3.05. The third-order valence-corrected chi connectivity index (χ3v) is 4.37. The number of amides is 1. The van der Waals surface area contributed by atoms with Gasteiger partial charge in [0, 0.05) is 17.3 Å². The van der Waals surface area contributed by atoms with E-state index < -0.39 is 0 Å². The number of rotatable bonds is 6. The van der Waals surface area contributed by atoms with Gasteiger partial charge >= 0.3 is 0 Å². The number of carbonyl (C=O) groups is 1.